The van der Waals surface area contributed by atoms with Gasteiger partial charge in [0, 0.05) is 0 Å². The second-order valence-electron chi connectivity index (χ2n) is 4.81. The van der Waals surface area contributed by atoms with E-state index in [1.807, 2.05) is 0 Å². The third kappa shape index (κ3) is 3.45. The van der Waals surface area contributed by atoms with Gasteiger partial charge in [-0.1, -0.05) is 6.42 Å². The molecule has 2 aromatic rings. The number of carbonyl (C=O) groups is 1. The molecule has 108 valence electrons. The predicted molar refractivity (Wildman–Crippen MR) is 76.5 cm³/mol. The molecule has 2 heterocycles. The molecular formula is C12H17N5O2S. The Morgan fingerprint density at radius 2 is 2.25 bits per heavy atom. The Kier molecular flexibility index (Phi) is 4.56. The number of nitrogens with zero attached hydrogens (tertiary/aromatic N) is 3. The molecule has 0 radical (unpaired) electrons. The van der Waals surface area contributed by atoms with E-state index in [4.69, 9.17) is 10.8 Å². The Hall–Kier alpha value is -1.67. The molecule has 2 aromatic heterocycles. The number of rotatable bonds is 7. The van der Waals surface area contributed by atoms with E-state index in [9.17, 15) is 4.79 Å². The van der Waals surface area contributed by atoms with E-state index >= 15 is 0 Å². The number of fused-ring (bicyclic) bond motifs is 1. The highest BCUT2D eigenvalue weighted by molar-refractivity contribution is 7.99. The van der Waals surface area contributed by atoms with Crippen LogP contribution in [0.5, 0.6) is 0 Å². The van der Waals surface area contributed by atoms with Gasteiger partial charge in [0.05, 0.1) is 6.33 Å². The maximum absolute atomic E-state index is 10.9. The summed E-state index contributed by atoms with van der Waals surface area (Å²) < 4.78 is 0. The van der Waals surface area contributed by atoms with Crippen molar-refractivity contribution in [3.8, 4) is 0 Å². The first-order chi connectivity index (χ1) is 9.50. The molecule has 0 bridgehead atoms. The Bertz CT molecular complexity index is 598. The summed E-state index contributed by atoms with van der Waals surface area (Å²) in [5.41, 5.74) is 6.03. The summed E-state index contributed by atoms with van der Waals surface area (Å²) in [7, 11) is 0. The predicted octanol–water partition coefficient (Wildman–Crippen LogP) is 1.42. The first-order valence-electron chi connectivity index (χ1n) is 6.30. The zero-order chi connectivity index (χ0) is 14.6. The molecule has 0 amide bonds. The van der Waals surface area contributed by atoms with Crippen molar-refractivity contribution in [1.82, 2.24) is 19.9 Å². The summed E-state index contributed by atoms with van der Waals surface area (Å²) in [5, 5.41) is 9.77. The molecule has 0 spiro atoms. The van der Waals surface area contributed by atoms with Crippen LogP contribution in [0.4, 0.5) is 0 Å². The molecule has 0 aliphatic heterocycles. The molecule has 2 rings (SSSR count). The number of nitrogens with two attached hydrogens (primary N) is 1. The zero-order valence-corrected chi connectivity index (χ0v) is 12.0. The Labute approximate surface area is 120 Å². The molecule has 0 aliphatic rings. The number of hydrogen-bond donors (Lipinski definition) is 3. The Balaban J connectivity index is 1.79. The van der Waals surface area contributed by atoms with E-state index in [0.29, 0.717) is 12.1 Å². The van der Waals surface area contributed by atoms with Crippen molar-refractivity contribution in [2.24, 2.45) is 5.73 Å². The van der Waals surface area contributed by atoms with Crippen molar-refractivity contribution in [3.05, 3.63) is 12.7 Å². The van der Waals surface area contributed by atoms with E-state index < -0.39 is 11.5 Å². The molecule has 20 heavy (non-hydrogen) atoms. The highest BCUT2D eigenvalue weighted by Crippen LogP contribution is 2.23. The van der Waals surface area contributed by atoms with Crippen LogP contribution in [-0.2, 0) is 4.79 Å². The normalized spacial score (nSPS) is 14.3. The average molecular weight is 295 g/mol. The monoisotopic (exact) mass is 295 g/mol. The van der Waals surface area contributed by atoms with Crippen LogP contribution in [0.25, 0.3) is 11.2 Å². The summed E-state index contributed by atoms with van der Waals surface area (Å²) in [6.45, 7) is 1.54. The van der Waals surface area contributed by atoms with Gasteiger partial charge in [-0.15, -0.1) is 11.8 Å². The molecular weight excluding hydrogens is 278 g/mol. The van der Waals surface area contributed by atoms with Crippen LogP contribution < -0.4 is 5.73 Å². The summed E-state index contributed by atoms with van der Waals surface area (Å²) in [6.07, 6.45) is 5.20. The number of thioether (sulfide) groups is 1. The third-order valence-electron chi connectivity index (χ3n) is 3.01. The van der Waals surface area contributed by atoms with E-state index in [1.54, 1.807) is 25.0 Å². The van der Waals surface area contributed by atoms with E-state index in [2.05, 4.69) is 19.9 Å². The topological polar surface area (TPSA) is 118 Å². The maximum Gasteiger partial charge on any atom is 0.323 e. The summed E-state index contributed by atoms with van der Waals surface area (Å²) >= 11 is 1.60. The van der Waals surface area contributed by atoms with Crippen LogP contribution in [0, 0.1) is 0 Å². The van der Waals surface area contributed by atoms with Crippen LogP contribution in [0.1, 0.15) is 26.2 Å². The number of imidazole rings is 1. The van der Waals surface area contributed by atoms with Gasteiger partial charge in [-0.05, 0) is 25.5 Å². The third-order valence-corrected chi connectivity index (χ3v) is 4.08. The van der Waals surface area contributed by atoms with E-state index in [0.717, 1.165) is 29.1 Å². The quantitative estimate of drug-likeness (QED) is 0.401. The van der Waals surface area contributed by atoms with Crippen molar-refractivity contribution in [1.29, 1.82) is 0 Å². The Morgan fingerprint density at radius 3 is 3.00 bits per heavy atom. The molecule has 7 nitrogen and oxygen atoms in total. The molecule has 0 saturated heterocycles. The number of aliphatic carboxylic acids is 1. The van der Waals surface area contributed by atoms with Crippen LogP contribution in [0.3, 0.4) is 0 Å². The lowest BCUT2D eigenvalue weighted by molar-refractivity contribution is -0.142. The van der Waals surface area contributed by atoms with E-state index in [-0.39, 0.29) is 0 Å². The largest absolute Gasteiger partial charge is 0.480 e. The first kappa shape index (κ1) is 14.7. The maximum atomic E-state index is 10.9. The lowest BCUT2D eigenvalue weighted by Gasteiger charge is -2.18. The van der Waals surface area contributed by atoms with Gasteiger partial charge in [-0.3, -0.25) is 4.79 Å². The highest BCUT2D eigenvalue weighted by atomic mass is 32.2. The standard InChI is InChI=1S/C12H17N5O2S/c1-12(13,11(18)19)4-2-3-5-20-10-8-9(15-6-14-8)16-7-17-10/h6-7H,2-5,13H2,1H3,(H,18,19)(H,14,15,16,17). The summed E-state index contributed by atoms with van der Waals surface area (Å²) in [6, 6.07) is 0. The fourth-order valence-electron chi connectivity index (χ4n) is 1.72. The lowest BCUT2D eigenvalue weighted by atomic mass is 9.97. The average Bonchev–Trinajstić information content (AvgIpc) is 2.87. The molecule has 4 N–H and O–H groups in total. The minimum absolute atomic E-state index is 0.464. The number of aromatic nitrogens is 4. The van der Waals surface area contributed by atoms with Gasteiger partial charge in [-0.2, -0.15) is 0 Å². The highest BCUT2D eigenvalue weighted by Gasteiger charge is 2.26. The molecule has 1 unspecified atom stereocenters. The van der Waals surface area contributed by atoms with Gasteiger partial charge in [0.15, 0.2) is 5.65 Å². The van der Waals surface area contributed by atoms with Crippen molar-refractivity contribution in [2.45, 2.75) is 36.8 Å². The van der Waals surface area contributed by atoms with Gasteiger partial charge >= 0.3 is 5.97 Å². The van der Waals surface area contributed by atoms with Crippen LogP contribution in [0.15, 0.2) is 17.7 Å². The number of hydrogen-bond acceptors (Lipinski definition) is 6. The van der Waals surface area contributed by atoms with Crippen molar-refractivity contribution >= 4 is 28.9 Å². The number of H-pyrrole nitrogens is 1. The molecule has 0 fully saturated rings. The molecule has 0 aliphatic carbocycles. The van der Waals surface area contributed by atoms with Crippen LogP contribution in [0.2, 0.25) is 0 Å². The van der Waals surface area contributed by atoms with Crippen molar-refractivity contribution < 1.29 is 9.90 Å². The van der Waals surface area contributed by atoms with Crippen molar-refractivity contribution in [2.75, 3.05) is 5.75 Å². The van der Waals surface area contributed by atoms with Gasteiger partial charge in [0.1, 0.15) is 22.4 Å². The summed E-state index contributed by atoms with van der Waals surface area (Å²) in [4.78, 5) is 26.2. The number of carboxylic acids is 1. The molecule has 0 aromatic carbocycles. The van der Waals surface area contributed by atoms with Gasteiger partial charge in [0.2, 0.25) is 0 Å². The van der Waals surface area contributed by atoms with Crippen LogP contribution >= 0.6 is 11.8 Å². The van der Waals surface area contributed by atoms with Gasteiger partial charge < -0.3 is 15.8 Å². The van der Waals surface area contributed by atoms with E-state index in [1.165, 1.54) is 6.33 Å². The number of unbranched alkanes of at least 4 members (excludes halogenated alkanes) is 1. The first-order valence-corrected chi connectivity index (χ1v) is 7.28. The SMILES string of the molecule is CC(N)(CCCCSc1ncnc2nc[nH]c12)C(=O)O. The minimum atomic E-state index is -1.14. The summed E-state index contributed by atoms with van der Waals surface area (Å²) in [5.74, 6) is -0.110. The smallest absolute Gasteiger partial charge is 0.323 e. The van der Waals surface area contributed by atoms with Gasteiger partial charge in [-0.25, -0.2) is 15.0 Å². The number of carboxylic acid groups (broad SMARTS) is 1. The number of nitrogens with one attached hydrogen (secondary N) is 1. The fraction of sp³-hybridized carbons (Fsp3) is 0.500. The second-order valence-corrected chi connectivity index (χ2v) is 5.89. The lowest BCUT2D eigenvalue weighted by Crippen LogP contribution is -2.44. The molecule has 8 heteroatoms. The Morgan fingerprint density at radius 1 is 1.45 bits per heavy atom. The van der Waals surface area contributed by atoms with Crippen LogP contribution in [-0.4, -0.2) is 42.3 Å². The minimum Gasteiger partial charge on any atom is -0.480 e. The second kappa shape index (κ2) is 6.19. The fourth-order valence-corrected chi connectivity index (χ4v) is 2.68. The molecule has 0 saturated carbocycles. The zero-order valence-electron chi connectivity index (χ0n) is 11.2. The van der Waals surface area contributed by atoms with Crippen molar-refractivity contribution in [3.63, 3.8) is 0 Å². The van der Waals surface area contributed by atoms with Gasteiger partial charge in [0.25, 0.3) is 0 Å². The number of aromatic amines is 1. The molecule has 1 atom stereocenters.